The van der Waals surface area contributed by atoms with Gasteiger partial charge in [0, 0.05) is 10.0 Å². The maximum atomic E-state index is 5.40. The van der Waals surface area contributed by atoms with E-state index in [-0.39, 0.29) is 6.01 Å². The monoisotopic (exact) mass is 289 g/mol. The SMILES string of the molecule is Nc1nnc(-c2ccc3cc(Br)ccc3c2)o1. The van der Waals surface area contributed by atoms with Gasteiger partial charge in [-0.25, -0.2) is 0 Å². The average Bonchev–Trinajstić information content (AvgIpc) is 2.75. The van der Waals surface area contributed by atoms with E-state index in [0.29, 0.717) is 5.89 Å². The molecule has 0 atom stereocenters. The van der Waals surface area contributed by atoms with Crippen molar-refractivity contribution in [3.05, 3.63) is 40.9 Å². The van der Waals surface area contributed by atoms with Crippen LogP contribution in [0.2, 0.25) is 0 Å². The second kappa shape index (κ2) is 3.85. The molecule has 0 spiro atoms. The van der Waals surface area contributed by atoms with Gasteiger partial charge in [-0.15, -0.1) is 5.10 Å². The Morgan fingerprint density at radius 3 is 2.53 bits per heavy atom. The zero-order valence-corrected chi connectivity index (χ0v) is 10.3. The lowest BCUT2D eigenvalue weighted by Crippen LogP contribution is -1.81. The molecule has 0 amide bonds. The highest BCUT2D eigenvalue weighted by molar-refractivity contribution is 9.10. The number of halogens is 1. The summed E-state index contributed by atoms with van der Waals surface area (Å²) in [5.74, 6) is 0.437. The zero-order chi connectivity index (χ0) is 11.8. The lowest BCUT2D eigenvalue weighted by Gasteiger charge is -2.00. The van der Waals surface area contributed by atoms with Crippen molar-refractivity contribution in [2.75, 3.05) is 5.73 Å². The molecule has 5 heteroatoms. The van der Waals surface area contributed by atoms with Crippen LogP contribution in [0, 0.1) is 0 Å². The van der Waals surface area contributed by atoms with Crippen LogP contribution in [0.15, 0.2) is 45.3 Å². The zero-order valence-electron chi connectivity index (χ0n) is 8.72. The predicted molar refractivity (Wildman–Crippen MR) is 69.4 cm³/mol. The first-order valence-electron chi connectivity index (χ1n) is 5.01. The molecule has 84 valence electrons. The second-order valence-corrected chi connectivity index (χ2v) is 4.57. The van der Waals surface area contributed by atoms with Crippen LogP contribution in [0.25, 0.3) is 22.2 Å². The number of anilines is 1. The van der Waals surface area contributed by atoms with Crippen LogP contribution >= 0.6 is 15.9 Å². The molecule has 3 rings (SSSR count). The van der Waals surface area contributed by atoms with Gasteiger partial charge in [0.1, 0.15) is 0 Å². The van der Waals surface area contributed by atoms with Gasteiger partial charge < -0.3 is 10.2 Å². The summed E-state index contributed by atoms with van der Waals surface area (Å²) in [6.45, 7) is 0. The van der Waals surface area contributed by atoms with Gasteiger partial charge >= 0.3 is 6.01 Å². The molecule has 0 bridgehead atoms. The molecular formula is C12H8BrN3O. The van der Waals surface area contributed by atoms with E-state index in [1.54, 1.807) is 0 Å². The van der Waals surface area contributed by atoms with Gasteiger partial charge in [0.15, 0.2) is 0 Å². The van der Waals surface area contributed by atoms with Crippen LogP contribution < -0.4 is 5.73 Å². The Hall–Kier alpha value is -1.88. The second-order valence-electron chi connectivity index (χ2n) is 3.65. The number of fused-ring (bicyclic) bond motifs is 1. The first-order chi connectivity index (χ1) is 8.22. The Bertz CT molecular complexity index is 693. The number of hydrogen-bond acceptors (Lipinski definition) is 4. The van der Waals surface area contributed by atoms with E-state index in [9.17, 15) is 0 Å². The van der Waals surface area contributed by atoms with Crippen molar-refractivity contribution in [2.24, 2.45) is 0 Å². The normalized spacial score (nSPS) is 10.9. The van der Waals surface area contributed by atoms with Gasteiger partial charge in [-0.3, -0.25) is 0 Å². The summed E-state index contributed by atoms with van der Waals surface area (Å²) >= 11 is 3.44. The molecule has 1 aromatic heterocycles. The van der Waals surface area contributed by atoms with E-state index in [1.165, 1.54) is 0 Å². The predicted octanol–water partition coefficient (Wildman–Crippen LogP) is 3.23. The largest absolute Gasteiger partial charge is 0.404 e. The molecule has 2 aromatic carbocycles. The number of nitrogens with two attached hydrogens (primary N) is 1. The molecule has 0 aliphatic carbocycles. The van der Waals surface area contributed by atoms with Crippen LogP contribution in [0.4, 0.5) is 6.01 Å². The van der Waals surface area contributed by atoms with Crippen molar-refractivity contribution in [1.29, 1.82) is 0 Å². The van der Waals surface area contributed by atoms with Crippen molar-refractivity contribution in [3.63, 3.8) is 0 Å². The number of nitrogens with zero attached hydrogens (tertiary/aromatic N) is 2. The lowest BCUT2D eigenvalue weighted by atomic mass is 10.1. The molecule has 0 aliphatic heterocycles. The quantitative estimate of drug-likeness (QED) is 0.747. The summed E-state index contributed by atoms with van der Waals surface area (Å²) in [4.78, 5) is 0. The van der Waals surface area contributed by atoms with Crippen LogP contribution in [0.3, 0.4) is 0 Å². The average molecular weight is 290 g/mol. The van der Waals surface area contributed by atoms with Crippen LogP contribution in [0.1, 0.15) is 0 Å². The summed E-state index contributed by atoms with van der Waals surface area (Å²) < 4.78 is 6.24. The molecule has 0 fully saturated rings. The van der Waals surface area contributed by atoms with Gasteiger partial charge in [0.2, 0.25) is 5.89 Å². The summed E-state index contributed by atoms with van der Waals surface area (Å²) in [6.07, 6.45) is 0. The molecule has 0 saturated heterocycles. The van der Waals surface area contributed by atoms with Crippen molar-refractivity contribution in [1.82, 2.24) is 10.2 Å². The highest BCUT2D eigenvalue weighted by Crippen LogP contribution is 2.25. The third kappa shape index (κ3) is 1.89. The van der Waals surface area contributed by atoms with Crippen LogP contribution in [-0.4, -0.2) is 10.2 Å². The molecular weight excluding hydrogens is 282 g/mol. The van der Waals surface area contributed by atoms with Crippen LogP contribution in [-0.2, 0) is 0 Å². The summed E-state index contributed by atoms with van der Waals surface area (Å²) in [7, 11) is 0. The van der Waals surface area contributed by atoms with Gasteiger partial charge in [-0.2, -0.15) is 0 Å². The van der Waals surface area contributed by atoms with E-state index >= 15 is 0 Å². The molecule has 0 saturated carbocycles. The fourth-order valence-corrected chi connectivity index (χ4v) is 2.08. The number of aromatic nitrogens is 2. The van der Waals surface area contributed by atoms with E-state index in [2.05, 4.69) is 32.2 Å². The minimum absolute atomic E-state index is 0.0795. The Morgan fingerprint density at radius 1 is 1.00 bits per heavy atom. The van der Waals surface area contributed by atoms with E-state index in [4.69, 9.17) is 10.2 Å². The van der Waals surface area contributed by atoms with Gasteiger partial charge in [-0.1, -0.05) is 33.2 Å². The molecule has 3 aromatic rings. The number of rotatable bonds is 1. The molecule has 2 N–H and O–H groups in total. The Labute approximate surface area is 106 Å². The molecule has 0 aliphatic rings. The lowest BCUT2D eigenvalue weighted by molar-refractivity contribution is 0.590. The third-order valence-electron chi connectivity index (χ3n) is 2.49. The molecule has 4 nitrogen and oxygen atoms in total. The highest BCUT2D eigenvalue weighted by atomic mass is 79.9. The molecule has 1 heterocycles. The minimum Gasteiger partial charge on any atom is -0.404 e. The Balaban J connectivity index is 2.16. The number of benzene rings is 2. The first kappa shape index (κ1) is 10.3. The maximum absolute atomic E-state index is 5.40. The van der Waals surface area contributed by atoms with Gasteiger partial charge in [0.25, 0.3) is 0 Å². The number of nitrogen functional groups attached to an aromatic ring is 1. The van der Waals surface area contributed by atoms with Gasteiger partial charge in [0.05, 0.1) is 0 Å². The fraction of sp³-hybridized carbons (Fsp3) is 0. The standard InChI is InChI=1S/C12H8BrN3O/c13-10-4-3-7-5-9(2-1-8(7)6-10)11-15-16-12(14)17-11/h1-6H,(H2,14,16). The van der Waals surface area contributed by atoms with E-state index < -0.39 is 0 Å². The Morgan fingerprint density at radius 2 is 1.76 bits per heavy atom. The summed E-state index contributed by atoms with van der Waals surface area (Å²) in [6, 6.07) is 12.1. The van der Waals surface area contributed by atoms with E-state index in [0.717, 1.165) is 20.8 Å². The number of hydrogen-bond donors (Lipinski definition) is 1. The van der Waals surface area contributed by atoms with E-state index in [1.807, 2.05) is 30.3 Å². The summed E-state index contributed by atoms with van der Waals surface area (Å²) in [5, 5.41) is 9.76. The van der Waals surface area contributed by atoms with Gasteiger partial charge in [-0.05, 0) is 35.0 Å². The molecule has 17 heavy (non-hydrogen) atoms. The third-order valence-corrected chi connectivity index (χ3v) is 2.98. The highest BCUT2D eigenvalue weighted by Gasteiger charge is 2.06. The van der Waals surface area contributed by atoms with Crippen molar-refractivity contribution >= 4 is 32.7 Å². The van der Waals surface area contributed by atoms with Crippen molar-refractivity contribution < 1.29 is 4.42 Å². The first-order valence-corrected chi connectivity index (χ1v) is 5.80. The summed E-state index contributed by atoms with van der Waals surface area (Å²) in [5.41, 5.74) is 6.27. The molecule has 0 radical (unpaired) electrons. The smallest absolute Gasteiger partial charge is 0.313 e. The Kier molecular flexibility index (Phi) is 2.33. The van der Waals surface area contributed by atoms with Crippen molar-refractivity contribution in [3.8, 4) is 11.5 Å². The van der Waals surface area contributed by atoms with Crippen molar-refractivity contribution in [2.45, 2.75) is 0 Å². The topological polar surface area (TPSA) is 64.9 Å². The minimum atomic E-state index is 0.0795. The maximum Gasteiger partial charge on any atom is 0.313 e. The van der Waals surface area contributed by atoms with Crippen LogP contribution in [0.5, 0.6) is 0 Å². The molecule has 0 unspecified atom stereocenters. The fourth-order valence-electron chi connectivity index (χ4n) is 1.70.